The molecule has 0 saturated heterocycles. The summed E-state index contributed by atoms with van der Waals surface area (Å²) in [5.41, 5.74) is 3.60. The zero-order valence-electron chi connectivity index (χ0n) is 16.1. The highest BCUT2D eigenvalue weighted by Gasteiger charge is 2.16. The van der Waals surface area contributed by atoms with Gasteiger partial charge in [-0.25, -0.2) is 0 Å². The van der Waals surface area contributed by atoms with Crippen LogP contribution in [0.1, 0.15) is 27.3 Å². The smallest absolute Gasteiger partial charge is 0.119 e. The van der Waals surface area contributed by atoms with Crippen LogP contribution in [0.25, 0.3) is 0 Å². The third-order valence-electron chi connectivity index (χ3n) is 4.40. The molecule has 0 aliphatic rings. The number of hydrogen-bond donors (Lipinski definition) is 1. The van der Waals surface area contributed by atoms with Gasteiger partial charge in [0.05, 0.1) is 12.8 Å². The topological polar surface area (TPSA) is 45.8 Å². The van der Waals surface area contributed by atoms with Gasteiger partial charge in [-0.2, -0.15) is 0 Å². The van der Waals surface area contributed by atoms with Gasteiger partial charge in [-0.05, 0) is 73.2 Å². The van der Waals surface area contributed by atoms with Crippen LogP contribution in [0.4, 0.5) is 0 Å². The molecular weight excluding hydrogens is 358 g/mol. The summed E-state index contributed by atoms with van der Waals surface area (Å²) in [5, 5.41) is 12.7. The monoisotopic (exact) mass is 385 g/mol. The molecule has 0 radical (unpaired) electrons. The molecule has 0 aliphatic heterocycles. The van der Waals surface area contributed by atoms with Crippen molar-refractivity contribution in [3.05, 3.63) is 75.4 Å². The summed E-state index contributed by atoms with van der Waals surface area (Å²) in [4.78, 5) is 3.51. The van der Waals surface area contributed by atoms with Gasteiger partial charge in [0, 0.05) is 18.0 Å². The summed E-state index contributed by atoms with van der Waals surface area (Å²) in [7, 11) is 0. The molecule has 1 atom stereocenters. The van der Waals surface area contributed by atoms with E-state index in [1.807, 2.05) is 38.1 Å². The fourth-order valence-corrected chi connectivity index (χ4v) is 4.08. The number of thiophene rings is 1. The Bertz CT molecular complexity index is 821. The van der Waals surface area contributed by atoms with Crippen LogP contribution in [0.3, 0.4) is 0 Å². The molecule has 144 valence electrons. The number of aliphatic hydroxyl groups is 1. The van der Waals surface area contributed by atoms with E-state index >= 15 is 0 Å². The minimum absolute atomic E-state index is 0.265. The van der Waals surface area contributed by atoms with Crippen molar-refractivity contribution in [3.8, 4) is 5.75 Å². The highest BCUT2D eigenvalue weighted by molar-refractivity contribution is 7.10. The number of aliphatic hydroxyl groups excluding tert-OH is 1. The van der Waals surface area contributed by atoms with E-state index in [2.05, 4.69) is 29.3 Å². The molecule has 0 spiro atoms. The van der Waals surface area contributed by atoms with Crippen molar-refractivity contribution in [2.75, 3.05) is 13.2 Å². The van der Waals surface area contributed by atoms with Gasteiger partial charge < -0.3 is 14.3 Å². The molecule has 3 rings (SSSR count). The molecule has 0 amide bonds. The minimum Gasteiger partial charge on any atom is -0.491 e. The van der Waals surface area contributed by atoms with E-state index in [4.69, 9.17) is 9.15 Å². The summed E-state index contributed by atoms with van der Waals surface area (Å²) in [6.45, 7) is 8.44. The first-order chi connectivity index (χ1) is 13.0. The first-order valence-electron chi connectivity index (χ1n) is 9.16. The molecule has 27 heavy (non-hydrogen) atoms. The second kappa shape index (κ2) is 9.22. The first kappa shape index (κ1) is 19.7. The lowest BCUT2D eigenvalue weighted by molar-refractivity contribution is 0.0607. The van der Waals surface area contributed by atoms with E-state index in [0.29, 0.717) is 13.1 Å². The SMILES string of the molecule is Cc1cc(C)cc(OCC(O)CN(Cc2ccco2)Cc2sccc2C)c1. The molecule has 1 aromatic carbocycles. The Labute approximate surface area is 165 Å². The fraction of sp³-hybridized carbons (Fsp3) is 0.364. The third kappa shape index (κ3) is 5.96. The molecule has 1 unspecified atom stereocenters. The van der Waals surface area contributed by atoms with Gasteiger partial charge in [-0.1, -0.05) is 6.07 Å². The van der Waals surface area contributed by atoms with Crippen molar-refractivity contribution < 1.29 is 14.3 Å². The number of ether oxygens (including phenoxy) is 1. The van der Waals surface area contributed by atoms with Gasteiger partial charge in [-0.3, -0.25) is 4.90 Å². The van der Waals surface area contributed by atoms with Crippen molar-refractivity contribution in [1.82, 2.24) is 4.90 Å². The third-order valence-corrected chi connectivity index (χ3v) is 5.41. The van der Waals surface area contributed by atoms with Crippen LogP contribution in [0, 0.1) is 20.8 Å². The fourth-order valence-electron chi connectivity index (χ4n) is 3.14. The van der Waals surface area contributed by atoms with Crippen LogP contribution >= 0.6 is 11.3 Å². The Balaban J connectivity index is 1.60. The maximum Gasteiger partial charge on any atom is 0.119 e. The van der Waals surface area contributed by atoms with E-state index in [1.165, 1.54) is 10.4 Å². The lowest BCUT2D eigenvalue weighted by Gasteiger charge is -2.24. The zero-order chi connectivity index (χ0) is 19.2. The Kier molecular flexibility index (Phi) is 6.72. The van der Waals surface area contributed by atoms with Gasteiger partial charge >= 0.3 is 0 Å². The maximum absolute atomic E-state index is 10.6. The summed E-state index contributed by atoms with van der Waals surface area (Å²) in [5.74, 6) is 1.70. The zero-order valence-corrected chi connectivity index (χ0v) is 17.0. The molecule has 3 aromatic rings. The molecule has 4 nitrogen and oxygen atoms in total. The van der Waals surface area contributed by atoms with Crippen LogP contribution in [-0.4, -0.2) is 29.3 Å². The van der Waals surface area contributed by atoms with E-state index < -0.39 is 6.10 Å². The van der Waals surface area contributed by atoms with E-state index in [-0.39, 0.29) is 6.61 Å². The predicted octanol–water partition coefficient (Wildman–Crippen LogP) is 4.71. The van der Waals surface area contributed by atoms with Crippen molar-refractivity contribution in [1.29, 1.82) is 0 Å². The molecule has 5 heteroatoms. The summed E-state index contributed by atoms with van der Waals surface area (Å²) < 4.78 is 11.3. The van der Waals surface area contributed by atoms with Gasteiger partial charge in [0.15, 0.2) is 0 Å². The second-order valence-corrected chi connectivity index (χ2v) is 8.06. The van der Waals surface area contributed by atoms with Gasteiger partial charge in [0.1, 0.15) is 24.2 Å². The summed E-state index contributed by atoms with van der Waals surface area (Å²) in [6, 6.07) is 12.1. The van der Waals surface area contributed by atoms with E-state index in [9.17, 15) is 5.11 Å². The van der Waals surface area contributed by atoms with E-state index in [0.717, 1.165) is 29.2 Å². The standard InChI is InChI=1S/C22H27NO3S/c1-16-9-17(2)11-21(10-16)26-15-19(24)12-23(13-20-5-4-7-25-20)14-22-18(3)6-8-27-22/h4-11,19,24H,12-15H2,1-3H3. The largest absolute Gasteiger partial charge is 0.491 e. The van der Waals surface area contributed by atoms with E-state index in [1.54, 1.807) is 17.6 Å². The lowest BCUT2D eigenvalue weighted by Crippen LogP contribution is -2.35. The second-order valence-electron chi connectivity index (χ2n) is 7.06. The number of furan rings is 1. The quantitative estimate of drug-likeness (QED) is 0.579. The Hall–Kier alpha value is -2.08. The molecule has 0 bridgehead atoms. The van der Waals surface area contributed by atoms with Crippen molar-refractivity contribution in [3.63, 3.8) is 0 Å². The average molecular weight is 386 g/mol. The van der Waals surface area contributed by atoms with Gasteiger partial charge in [0.2, 0.25) is 0 Å². The van der Waals surface area contributed by atoms with Crippen molar-refractivity contribution >= 4 is 11.3 Å². The Morgan fingerprint density at radius 2 is 1.89 bits per heavy atom. The van der Waals surface area contributed by atoms with Crippen LogP contribution in [0.5, 0.6) is 5.75 Å². The van der Waals surface area contributed by atoms with Crippen LogP contribution in [0.15, 0.2) is 52.5 Å². The highest BCUT2D eigenvalue weighted by Crippen LogP contribution is 2.20. The number of aryl methyl sites for hydroxylation is 3. The maximum atomic E-state index is 10.6. The molecule has 0 aliphatic carbocycles. The molecule has 2 aromatic heterocycles. The Morgan fingerprint density at radius 1 is 1.11 bits per heavy atom. The molecule has 0 saturated carbocycles. The van der Waals surface area contributed by atoms with Gasteiger partial charge in [-0.15, -0.1) is 11.3 Å². The lowest BCUT2D eigenvalue weighted by atomic mass is 10.1. The summed E-state index contributed by atoms with van der Waals surface area (Å²) >= 11 is 1.75. The predicted molar refractivity (Wildman–Crippen MR) is 109 cm³/mol. The first-order valence-corrected chi connectivity index (χ1v) is 10.0. The summed E-state index contributed by atoms with van der Waals surface area (Å²) in [6.07, 6.45) is 1.10. The molecule has 1 N–H and O–H groups in total. The molecular formula is C22H27NO3S. The number of rotatable bonds is 9. The van der Waals surface area contributed by atoms with Crippen LogP contribution < -0.4 is 4.74 Å². The number of nitrogens with zero attached hydrogens (tertiary/aromatic N) is 1. The molecule has 2 heterocycles. The van der Waals surface area contributed by atoms with Gasteiger partial charge in [0.25, 0.3) is 0 Å². The van der Waals surface area contributed by atoms with Crippen LogP contribution in [-0.2, 0) is 13.1 Å². The highest BCUT2D eigenvalue weighted by atomic mass is 32.1. The average Bonchev–Trinajstić information content (AvgIpc) is 3.24. The number of hydrogen-bond acceptors (Lipinski definition) is 5. The molecule has 0 fully saturated rings. The minimum atomic E-state index is -0.582. The van der Waals surface area contributed by atoms with Crippen molar-refractivity contribution in [2.45, 2.75) is 40.0 Å². The number of benzene rings is 1. The Morgan fingerprint density at radius 3 is 2.52 bits per heavy atom. The van der Waals surface area contributed by atoms with Crippen LogP contribution in [0.2, 0.25) is 0 Å². The normalized spacial score (nSPS) is 12.5. The van der Waals surface area contributed by atoms with Crippen molar-refractivity contribution in [2.24, 2.45) is 0 Å².